The number of aromatic amines is 1. The Hall–Kier alpha value is -1.56. The van der Waals surface area contributed by atoms with E-state index in [2.05, 4.69) is 20.8 Å². The molecule has 0 saturated carbocycles. The summed E-state index contributed by atoms with van der Waals surface area (Å²) in [7, 11) is 1.72. The van der Waals surface area contributed by atoms with Crippen molar-refractivity contribution in [2.75, 3.05) is 18.9 Å². The zero-order chi connectivity index (χ0) is 10.6. The highest BCUT2D eigenvalue weighted by Crippen LogP contribution is 2.03. The highest BCUT2D eigenvalue weighted by Gasteiger charge is 2.09. The van der Waals surface area contributed by atoms with Crippen molar-refractivity contribution >= 4 is 11.7 Å². The molecule has 1 atom stereocenters. The Balaban J connectivity index is 2.52. The molecule has 6 heteroatoms. The van der Waals surface area contributed by atoms with Gasteiger partial charge in [0.15, 0.2) is 0 Å². The normalized spacial score (nSPS) is 12.2. The second kappa shape index (κ2) is 4.61. The van der Waals surface area contributed by atoms with Gasteiger partial charge in [-0.1, -0.05) is 0 Å². The summed E-state index contributed by atoms with van der Waals surface area (Å²) in [5.74, 6) is 0.326. The molecule has 0 radical (unpaired) electrons. The predicted octanol–water partition coefficient (Wildman–Crippen LogP) is -0.438. The molecule has 0 spiro atoms. The first-order chi connectivity index (χ1) is 6.63. The first kappa shape index (κ1) is 10.5. The van der Waals surface area contributed by atoms with Crippen LogP contribution < -0.4 is 10.6 Å². The van der Waals surface area contributed by atoms with E-state index in [-0.39, 0.29) is 12.5 Å². The van der Waals surface area contributed by atoms with E-state index in [1.807, 2.05) is 0 Å². The third kappa shape index (κ3) is 2.74. The van der Waals surface area contributed by atoms with E-state index in [1.54, 1.807) is 20.0 Å². The largest absolute Gasteiger partial charge is 0.392 e. The van der Waals surface area contributed by atoms with E-state index in [4.69, 9.17) is 5.11 Å². The van der Waals surface area contributed by atoms with Crippen LogP contribution >= 0.6 is 0 Å². The van der Waals surface area contributed by atoms with Gasteiger partial charge in [0.1, 0.15) is 11.5 Å². The summed E-state index contributed by atoms with van der Waals surface area (Å²) in [5, 5.41) is 20.7. The molecule has 0 bridgehead atoms. The molecule has 1 heterocycles. The van der Waals surface area contributed by atoms with Crippen molar-refractivity contribution in [2.45, 2.75) is 13.0 Å². The van der Waals surface area contributed by atoms with Crippen LogP contribution in [0.3, 0.4) is 0 Å². The number of nitrogens with zero attached hydrogens (tertiary/aromatic N) is 1. The molecule has 6 nitrogen and oxygen atoms in total. The first-order valence-electron chi connectivity index (χ1n) is 4.33. The summed E-state index contributed by atoms with van der Waals surface area (Å²) in [6, 6.07) is 1.59. The molecule has 1 aromatic rings. The van der Waals surface area contributed by atoms with E-state index in [0.717, 1.165) is 0 Å². The highest BCUT2D eigenvalue weighted by molar-refractivity contribution is 5.92. The molecule has 0 saturated heterocycles. The maximum Gasteiger partial charge on any atom is 0.269 e. The van der Waals surface area contributed by atoms with Crippen LogP contribution in [-0.2, 0) is 0 Å². The van der Waals surface area contributed by atoms with Crippen LogP contribution in [0, 0.1) is 0 Å². The van der Waals surface area contributed by atoms with Gasteiger partial charge in [-0.3, -0.25) is 9.89 Å². The van der Waals surface area contributed by atoms with Crippen LogP contribution in [0.2, 0.25) is 0 Å². The minimum absolute atomic E-state index is 0.229. The van der Waals surface area contributed by atoms with Crippen molar-refractivity contribution in [3.63, 3.8) is 0 Å². The third-order valence-corrected chi connectivity index (χ3v) is 1.64. The Bertz CT molecular complexity index is 308. The number of amides is 1. The number of aliphatic hydroxyl groups is 1. The lowest BCUT2D eigenvalue weighted by molar-refractivity contribution is 0.0919. The van der Waals surface area contributed by atoms with Crippen LogP contribution in [0.25, 0.3) is 0 Å². The SMILES string of the molecule is CNc1cc(C(=O)NC[C@H](C)O)[nH]n1. The number of carbonyl (C=O) groups is 1. The van der Waals surface area contributed by atoms with Gasteiger partial charge < -0.3 is 15.7 Å². The van der Waals surface area contributed by atoms with Gasteiger partial charge in [0.05, 0.1) is 6.10 Å². The molecule has 0 aliphatic heterocycles. The lowest BCUT2D eigenvalue weighted by Crippen LogP contribution is -2.30. The fourth-order valence-corrected chi connectivity index (χ4v) is 0.902. The lowest BCUT2D eigenvalue weighted by atomic mass is 10.3. The van der Waals surface area contributed by atoms with Crippen molar-refractivity contribution < 1.29 is 9.90 Å². The molecule has 0 aromatic carbocycles. The fraction of sp³-hybridized carbons (Fsp3) is 0.500. The zero-order valence-electron chi connectivity index (χ0n) is 8.16. The number of carbonyl (C=O) groups excluding carboxylic acids is 1. The Morgan fingerprint density at radius 3 is 3.00 bits per heavy atom. The number of anilines is 1. The predicted molar refractivity (Wildman–Crippen MR) is 52.1 cm³/mol. The van der Waals surface area contributed by atoms with Crippen LogP contribution in [0.4, 0.5) is 5.82 Å². The highest BCUT2D eigenvalue weighted by atomic mass is 16.3. The second-order valence-corrected chi connectivity index (χ2v) is 2.98. The molecule has 0 aliphatic carbocycles. The van der Waals surface area contributed by atoms with E-state index < -0.39 is 6.10 Å². The van der Waals surface area contributed by atoms with Crippen LogP contribution in [-0.4, -0.2) is 40.9 Å². The quantitative estimate of drug-likeness (QED) is 0.528. The van der Waals surface area contributed by atoms with Crippen molar-refractivity contribution in [2.24, 2.45) is 0 Å². The Labute approximate surface area is 81.7 Å². The summed E-state index contributed by atoms with van der Waals surface area (Å²) >= 11 is 0. The average Bonchev–Trinajstić information content (AvgIpc) is 2.62. The second-order valence-electron chi connectivity index (χ2n) is 2.98. The van der Waals surface area contributed by atoms with Gasteiger partial charge in [0.2, 0.25) is 0 Å². The minimum Gasteiger partial charge on any atom is -0.392 e. The number of aromatic nitrogens is 2. The van der Waals surface area contributed by atoms with Crippen molar-refractivity contribution in [3.8, 4) is 0 Å². The standard InChI is InChI=1S/C8H14N4O2/c1-5(13)4-10-8(14)6-3-7(9-2)12-11-6/h3,5,13H,4H2,1-2H3,(H,10,14)(H2,9,11,12)/t5-/m0/s1. The number of hydrogen-bond donors (Lipinski definition) is 4. The van der Waals surface area contributed by atoms with Gasteiger partial charge in [-0.25, -0.2) is 0 Å². The molecule has 0 unspecified atom stereocenters. The van der Waals surface area contributed by atoms with Gasteiger partial charge in [-0.05, 0) is 6.92 Å². The maximum absolute atomic E-state index is 11.4. The lowest BCUT2D eigenvalue weighted by Gasteiger charge is -2.04. The Morgan fingerprint density at radius 2 is 2.50 bits per heavy atom. The molecular formula is C8H14N4O2. The molecule has 4 N–H and O–H groups in total. The van der Waals surface area contributed by atoms with Crippen LogP contribution in [0.5, 0.6) is 0 Å². The van der Waals surface area contributed by atoms with Crippen molar-refractivity contribution in [3.05, 3.63) is 11.8 Å². The smallest absolute Gasteiger partial charge is 0.269 e. The van der Waals surface area contributed by atoms with Gasteiger partial charge in [-0.2, -0.15) is 5.10 Å². The Morgan fingerprint density at radius 1 is 1.79 bits per heavy atom. The van der Waals surface area contributed by atoms with Crippen LogP contribution in [0.1, 0.15) is 17.4 Å². The molecule has 78 valence electrons. The molecular weight excluding hydrogens is 184 g/mol. The topological polar surface area (TPSA) is 90.0 Å². The molecule has 1 aromatic heterocycles. The van der Waals surface area contributed by atoms with Gasteiger partial charge >= 0.3 is 0 Å². The zero-order valence-corrected chi connectivity index (χ0v) is 8.16. The van der Waals surface area contributed by atoms with E-state index in [1.165, 1.54) is 0 Å². The number of nitrogens with one attached hydrogen (secondary N) is 3. The summed E-state index contributed by atoms with van der Waals surface area (Å²) in [4.78, 5) is 11.4. The van der Waals surface area contributed by atoms with Crippen molar-refractivity contribution in [1.82, 2.24) is 15.5 Å². The van der Waals surface area contributed by atoms with E-state index in [0.29, 0.717) is 11.5 Å². The van der Waals surface area contributed by atoms with Crippen LogP contribution in [0.15, 0.2) is 6.07 Å². The summed E-state index contributed by atoms with van der Waals surface area (Å²) < 4.78 is 0. The summed E-state index contributed by atoms with van der Waals surface area (Å²) in [6.07, 6.45) is -0.550. The fourth-order valence-electron chi connectivity index (χ4n) is 0.902. The number of hydrogen-bond acceptors (Lipinski definition) is 4. The monoisotopic (exact) mass is 198 g/mol. The van der Waals surface area contributed by atoms with Gasteiger partial charge in [0.25, 0.3) is 5.91 Å². The Kier molecular flexibility index (Phi) is 3.47. The molecule has 1 rings (SSSR count). The molecule has 14 heavy (non-hydrogen) atoms. The molecule has 0 aliphatic rings. The van der Waals surface area contributed by atoms with E-state index >= 15 is 0 Å². The number of H-pyrrole nitrogens is 1. The van der Waals surface area contributed by atoms with Gasteiger partial charge in [-0.15, -0.1) is 0 Å². The molecule has 1 amide bonds. The minimum atomic E-state index is -0.550. The summed E-state index contributed by atoms with van der Waals surface area (Å²) in [5.41, 5.74) is 0.370. The van der Waals surface area contributed by atoms with Gasteiger partial charge in [0, 0.05) is 19.7 Å². The number of aliphatic hydroxyl groups excluding tert-OH is 1. The maximum atomic E-state index is 11.4. The average molecular weight is 198 g/mol. The summed E-state index contributed by atoms with van der Waals surface area (Å²) in [6.45, 7) is 1.83. The number of rotatable bonds is 4. The first-order valence-corrected chi connectivity index (χ1v) is 4.33. The third-order valence-electron chi connectivity index (χ3n) is 1.64. The van der Waals surface area contributed by atoms with Crippen molar-refractivity contribution in [1.29, 1.82) is 0 Å². The van der Waals surface area contributed by atoms with E-state index in [9.17, 15) is 4.79 Å². The molecule has 0 fully saturated rings.